The molecule has 3 aliphatic rings. The first-order valence-corrected chi connectivity index (χ1v) is 51.4. The Bertz CT molecular complexity index is 9220. The van der Waals surface area contributed by atoms with E-state index in [0.29, 0.717) is 34.9 Å². The summed E-state index contributed by atoms with van der Waals surface area (Å²) in [5.74, 6) is 3.96. The largest absolute Gasteiger partial charge is 0.310 e. The van der Waals surface area contributed by atoms with Gasteiger partial charge in [0.25, 0.3) is 0 Å². The molecule has 0 aliphatic heterocycles. The maximum atomic E-state index is 5.04. The minimum absolute atomic E-state index is 0.0249. The molecule has 7 heteroatoms. The van der Waals surface area contributed by atoms with Gasteiger partial charge in [-0.15, -0.1) is 0 Å². The fourth-order valence-electron chi connectivity index (χ4n) is 24.0. The van der Waals surface area contributed by atoms with Crippen LogP contribution in [0.25, 0.3) is 210 Å². The van der Waals surface area contributed by atoms with Crippen LogP contribution in [0.5, 0.6) is 0 Å². The van der Waals surface area contributed by atoms with Crippen LogP contribution in [-0.2, 0) is 32.5 Å². The van der Waals surface area contributed by atoms with E-state index in [4.69, 9.17) is 29.9 Å². The summed E-state index contributed by atoms with van der Waals surface area (Å²) in [6, 6.07) is 164. The Morgan fingerprint density at radius 2 is 0.456 bits per heavy atom. The molecular formula is C140H111N7. The summed E-state index contributed by atoms with van der Waals surface area (Å²) < 4.78 is 0. The predicted molar refractivity (Wildman–Crippen MR) is 619 cm³/mol. The molecule has 0 amide bonds. The molecule has 0 unspecified atom stereocenters. The van der Waals surface area contributed by atoms with E-state index in [1.807, 2.05) is 97.1 Å². The predicted octanol–water partition coefficient (Wildman–Crippen LogP) is 37.2. The zero-order valence-electron chi connectivity index (χ0n) is 84.9. The number of aromatic nitrogens is 6. The molecule has 2 aromatic heterocycles. The van der Waals surface area contributed by atoms with Crippen LogP contribution in [0.4, 0.5) is 17.1 Å². The molecule has 706 valence electrons. The van der Waals surface area contributed by atoms with Crippen molar-refractivity contribution in [3.63, 3.8) is 0 Å². The highest BCUT2D eigenvalue weighted by Gasteiger charge is 2.50. The van der Waals surface area contributed by atoms with E-state index < -0.39 is 0 Å². The van der Waals surface area contributed by atoms with Gasteiger partial charge in [0.2, 0.25) is 0 Å². The summed E-state index contributed by atoms with van der Waals surface area (Å²) in [5, 5.41) is 20.6. The SMILES string of the molecule is CC1(C)c2cc3ccc4c(-c5ccc(-c6nc(-c7ccccc7)nc(-c7ccccc7)n6)cc5)cccc4c3cc2-c2c(ccc3ccccc23)C1(C)C.CC1(C)c2cc3ccc4c(N(c5ccccc5)c5ccccc5)cccc4c3cc2-c2c(ccc3ccccc23)C1(C)C.CC1(C)c2ccc3c(ccc4ccccc43)c2-c2cccc(-c3cccc(-c4nc(-c5ccccc5)nc(-c5ccccc5)n4)c3)c2C1(C)C. The third kappa shape index (κ3) is 15.0. The zero-order chi connectivity index (χ0) is 100.0. The van der Waals surface area contributed by atoms with Crippen molar-refractivity contribution in [1.82, 2.24) is 29.9 Å². The molecule has 3 aliphatic carbocycles. The Kier molecular flexibility index (Phi) is 21.9. The zero-order valence-corrected chi connectivity index (χ0v) is 84.9. The van der Waals surface area contributed by atoms with Gasteiger partial charge in [0.1, 0.15) is 0 Å². The van der Waals surface area contributed by atoms with Crippen LogP contribution < -0.4 is 4.90 Å². The number of fused-ring (bicyclic) bond motifs is 23. The van der Waals surface area contributed by atoms with Crippen LogP contribution in [0, 0.1) is 0 Å². The van der Waals surface area contributed by atoms with Gasteiger partial charge < -0.3 is 4.90 Å². The summed E-state index contributed by atoms with van der Waals surface area (Å²) in [6.45, 7) is 29.0. The molecule has 0 atom stereocenters. The summed E-state index contributed by atoms with van der Waals surface area (Å²) in [4.78, 5) is 32.1. The molecule has 0 bridgehead atoms. The number of hydrogen-bond donors (Lipinski definition) is 0. The first-order chi connectivity index (χ1) is 71.4. The van der Waals surface area contributed by atoms with E-state index in [2.05, 4.69) is 446 Å². The van der Waals surface area contributed by atoms with Gasteiger partial charge in [-0.25, -0.2) is 29.9 Å². The average molecular weight is 1890 g/mol. The molecule has 22 aromatic carbocycles. The molecule has 2 heterocycles. The van der Waals surface area contributed by atoms with E-state index in [1.165, 1.54) is 170 Å². The van der Waals surface area contributed by atoms with Crippen LogP contribution in [0.3, 0.4) is 0 Å². The number of anilines is 3. The van der Waals surface area contributed by atoms with Crippen LogP contribution in [0.2, 0.25) is 0 Å². The average Bonchev–Trinajstić information content (AvgIpc) is 0.703. The van der Waals surface area contributed by atoms with Crippen molar-refractivity contribution in [3.05, 3.63) is 488 Å². The van der Waals surface area contributed by atoms with Crippen LogP contribution >= 0.6 is 0 Å². The smallest absolute Gasteiger partial charge is 0.164 e. The molecule has 0 saturated heterocycles. The minimum Gasteiger partial charge on any atom is -0.310 e. The van der Waals surface area contributed by atoms with Crippen molar-refractivity contribution < 1.29 is 0 Å². The van der Waals surface area contributed by atoms with Gasteiger partial charge >= 0.3 is 0 Å². The van der Waals surface area contributed by atoms with Gasteiger partial charge in [0.05, 0.1) is 5.69 Å². The molecule has 0 N–H and O–H groups in total. The Morgan fingerprint density at radius 3 is 0.939 bits per heavy atom. The first kappa shape index (κ1) is 91.0. The van der Waals surface area contributed by atoms with Crippen molar-refractivity contribution in [2.24, 2.45) is 0 Å². The van der Waals surface area contributed by atoms with E-state index >= 15 is 0 Å². The number of rotatable bonds is 11. The molecule has 24 aromatic rings. The number of hydrogen-bond acceptors (Lipinski definition) is 7. The summed E-state index contributed by atoms with van der Waals surface area (Å²) >= 11 is 0. The third-order valence-electron chi connectivity index (χ3n) is 33.9. The normalized spacial score (nSPS) is 14.4. The lowest BCUT2D eigenvalue weighted by Crippen LogP contribution is -2.44. The minimum atomic E-state index is -0.166. The number of benzene rings is 22. The van der Waals surface area contributed by atoms with Gasteiger partial charge in [-0.05, 0) is 258 Å². The first-order valence-electron chi connectivity index (χ1n) is 51.4. The fourth-order valence-corrected chi connectivity index (χ4v) is 24.0. The Balaban J connectivity index is 0.000000115. The second-order valence-electron chi connectivity index (χ2n) is 43.1. The van der Waals surface area contributed by atoms with Crippen molar-refractivity contribution in [2.75, 3.05) is 4.90 Å². The van der Waals surface area contributed by atoms with Gasteiger partial charge in [-0.2, -0.15) is 0 Å². The monoisotopic (exact) mass is 1890 g/mol. The second kappa shape index (κ2) is 35.4. The van der Waals surface area contributed by atoms with E-state index in [1.54, 1.807) is 0 Å². The van der Waals surface area contributed by atoms with Gasteiger partial charge in [-0.3, -0.25) is 0 Å². The maximum absolute atomic E-state index is 5.04. The van der Waals surface area contributed by atoms with Crippen molar-refractivity contribution in [2.45, 2.75) is 116 Å². The van der Waals surface area contributed by atoms with Gasteiger partial charge in [0.15, 0.2) is 34.9 Å². The highest BCUT2D eigenvalue weighted by atomic mass is 15.1. The molecule has 27 rings (SSSR count). The fraction of sp³-hybridized carbons (Fsp3) is 0.129. The molecule has 7 nitrogen and oxygen atoms in total. The summed E-state index contributed by atoms with van der Waals surface area (Å²) in [5.41, 5.74) is 30.1. The quantitative estimate of drug-likeness (QED) is 0.119. The molecule has 147 heavy (non-hydrogen) atoms. The van der Waals surface area contributed by atoms with Crippen molar-refractivity contribution in [3.8, 4) is 124 Å². The highest BCUT2D eigenvalue weighted by molar-refractivity contribution is 6.18. The van der Waals surface area contributed by atoms with Gasteiger partial charge in [-0.1, -0.05) is 477 Å². The lowest BCUT2D eigenvalue weighted by molar-refractivity contribution is 0.299. The van der Waals surface area contributed by atoms with Crippen LogP contribution in [0.15, 0.2) is 455 Å². The van der Waals surface area contributed by atoms with Crippen LogP contribution in [-0.4, -0.2) is 29.9 Å². The molecule has 0 spiro atoms. The lowest BCUT2D eigenvalue weighted by Gasteiger charge is -2.49. The molecule has 0 fully saturated rings. The lowest BCUT2D eigenvalue weighted by atomic mass is 9.54. The van der Waals surface area contributed by atoms with E-state index in [0.717, 1.165) is 55.9 Å². The van der Waals surface area contributed by atoms with Gasteiger partial charge in [0, 0.05) is 55.6 Å². The molecule has 0 radical (unpaired) electrons. The highest BCUT2D eigenvalue weighted by Crippen LogP contribution is 2.62. The standard InChI is InChI=1S/C51H39N3.C47H37N3.C42H35N/c1-50(2)44-29-27-32-14-11-12-19-39(32)46(44)43-31-42-37(30-45(43)51(50,3)4)26-28-41-38(20-13-21-40(41)42)33-22-24-36(25-23-33)49-53-47(34-15-7-5-8-16-34)52-48(54-49)35-17-9-6-10-18-35;1-46(2)40-28-27-37-35-22-12-11-15-30(35)25-26-38(37)41(40)39-24-14-23-36(42(39)47(46,3)4)33-20-13-21-34(29-33)45-49-43(31-16-7-5-8-17-31)48-44(50-45)32-18-9-6-10-19-32;1-41(2)37-25-23-28-14-11-12-19-32(28)40(37)36-27-35-29(26-38(36)42(41,3)4)22-24-34-33(35)20-13-21-39(34)43(30-15-7-5-8-16-30)31-17-9-6-10-18-31/h5-31H,1-4H3;5-29H,1-4H3;5-27H,1-4H3. The Labute approximate surface area is 859 Å². The van der Waals surface area contributed by atoms with Crippen molar-refractivity contribution in [1.29, 1.82) is 0 Å². The third-order valence-corrected chi connectivity index (χ3v) is 33.9. The molecule has 0 saturated carbocycles. The Hall–Kier alpha value is -17.3. The second-order valence-corrected chi connectivity index (χ2v) is 43.1. The topological polar surface area (TPSA) is 80.6 Å². The number of nitrogens with zero attached hydrogens (tertiary/aromatic N) is 7. The van der Waals surface area contributed by atoms with E-state index in [9.17, 15) is 0 Å². The number of para-hydroxylation sites is 2. The summed E-state index contributed by atoms with van der Waals surface area (Å²) in [6.07, 6.45) is 0. The Morgan fingerprint density at radius 1 is 0.156 bits per heavy atom. The van der Waals surface area contributed by atoms with E-state index in [-0.39, 0.29) is 32.5 Å². The maximum Gasteiger partial charge on any atom is 0.164 e. The summed E-state index contributed by atoms with van der Waals surface area (Å²) in [7, 11) is 0. The van der Waals surface area contributed by atoms with Crippen molar-refractivity contribution >= 4 is 103 Å². The molecular weight excluding hydrogens is 1780 g/mol. The van der Waals surface area contributed by atoms with Crippen LogP contribution in [0.1, 0.15) is 116 Å².